The molecule has 1 aliphatic carbocycles. The molecule has 110 valence electrons. The van der Waals surface area contributed by atoms with Crippen LogP contribution < -0.4 is 10.1 Å². The quantitative estimate of drug-likeness (QED) is 0.820. The first-order valence-electron chi connectivity index (χ1n) is 7.49. The Labute approximate surface area is 125 Å². The highest BCUT2D eigenvalue weighted by Crippen LogP contribution is 2.22. The minimum Gasteiger partial charge on any atom is -0.489 e. The molecule has 0 saturated heterocycles. The molecule has 0 spiro atoms. The van der Waals surface area contributed by atoms with Crippen LogP contribution in [0.25, 0.3) is 0 Å². The van der Waals surface area contributed by atoms with Crippen LogP contribution in [-0.4, -0.2) is 17.7 Å². The zero-order valence-electron chi connectivity index (χ0n) is 12.0. The van der Waals surface area contributed by atoms with Crippen molar-refractivity contribution in [2.24, 2.45) is 0 Å². The van der Waals surface area contributed by atoms with E-state index in [-0.39, 0.29) is 0 Å². The van der Waals surface area contributed by atoms with Crippen molar-refractivity contribution in [1.29, 1.82) is 0 Å². The number of aliphatic hydroxyl groups excluding tert-OH is 1. The molecule has 3 rings (SSSR count). The molecule has 1 atom stereocenters. The lowest BCUT2D eigenvalue weighted by molar-refractivity contribution is 0.174. The Hall–Kier alpha value is -1.84. The van der Waals surface area contributed by atoms with Crippen molar-refractivity contribution in [3.05, 3.63) is 65.7 Å². The lowest BCUT2D eigenvalue weighted by atomic mass is 10.1. The van der Waals surface area contributed by atoms with Crippen LogP contribution in [0.4, 0.5) is 0 Å². The Morgan fingerprint density at radius 2 is 1.76 bits per heavy atom. The van der Waals surface area contributed by atoms with E-state index in [0.717, 1.165) is 16.9 Å². The van der Waals surface area contributed by atoms with Gasteiger partial charge in [0.25, 0.3) is 0 Å². The second-order valence-electron chi connectivity index (χ2n) is 5.54. The van der Waals surface area contributed by atoms with Crippen LogP contribution in [0.1, 0.15) is 30.1 Å². The standard InChI is InChI=1S/C18H21NO2/c20-18(12-19-16-8-9-16)15-6-10-17(11-7-15)21-13-14-4-2-1-3-5-14/h1-7,10-11,16,18-20H,8-9,12-13H2. The number of benzene rings is 2. The molecule has 1 saturated carbocycles. The van der Waals surface area contributed by atoms with E-state index in [9.17, 15) is 5.11 Å². The van der Waals surface area contributed by atoms with Gasteiger partial charge >= 0.3 is 0 Å². The van der Waals surface area contributed by atoms with E-state index in [1.54, 1.807) is 0 Å². The van der Waals surface area contributed by atoms with Crippen molar-refractivity contribution >= 4 is 0 Å². The molecule has 0 bridgehead atoms. The van der Waals surface area contributed by atoms with Crippen molar-refractivity contribution in [2.45, 2.75) is 31.6 Å². The molecule has 21 heavy (non-hydrogen) atoms. The maximum absolute atomic E-state index is 10.1. The number of ether oxygens (including phenoxy) is 1. The SMILES string of the molecule is OC(CNC1CC1)c1ccc(OCc2ccccc2)cc1. The molecule has 1 aliphatic rings. The monoisotopic (exact) mass is 283 g/mol. The molecule has 0 radical (unpaired) electrons. The maximum atomic E-state index is 10.1. The Bertz CT molecular complexity index is 549. The Morgan fingerprint density at radius 1 is 1.05 bits per heavy atom. The summed E-state index contributed by atoms with van der Waals surface area (Å²) < 4.78 is 5.74. The van der Waals surface area contributed by atoms with E-state index in [1.165, 1.54) is 12.8 Å². The topological polar surface area (TPSA) is 41.5 Å². The molecule has 2 N–H and O–H groups in total. The molecule has 0 aliphatic heterocycles. The lowest BCUT2D eigenvalue weighted by Crippen LogP contribution is -2.23. The van der Waals surface area contributed by atoms with Crippen molar-refractivity contribution in [2.75, 3.05) is 6.54 Å². The summed E-state index contributed by atoms with van der Waals surface area (Å²) in [5.74, 6) is 0.824. The largest absolute Gasteiger partial charge is 0.489 e. The minimum atomic E-state index is -0.450. The number of aliphatic hydroxyl groups is 1. The van der Waals surface area contributed by atoms with Gasteiger partial charge in [0.15, 0.2) is 0 Å². The van der Waals surface area contributed by atoms with Gasteiger partial charge in [-0.1, -0.05) is 42.5 Å². The molecule has 0 heterocycles. The second-order valence-corrected chi connectivity index (χ2v) is 5.54. The fraction of sp³-hybridized carbons (Fsp3) is 0.333. The molecule has 2 aromatic rings. The summed E-state index contributed by atoms with van der Waals surface area (Å²) >= 11 is 0. The van der Waals surface area contributed by atoms with Crippen molar-refractivity contribution in [3.63, 3.8) is 0 Å². The van der Waals surface area contributed by atoms with Gasteiger partial charge in [0.05, 0.1) is 6.10 Å². The zero-order valence-corrected chi connectivity index (χ0v) is 12.0. The van der Waals surface area contributed by atoms with Gasteiger partial charge in [0.2, 0.25) is 0 Å². The van der Waals surface area contributed by atoms with E-state index in [1.807, 2.05) is 54.6 Å². The molecule has 1 fully saturated rings. The molecule has 0 aromatic heterocycles. The fourth-order valence-corrected chi connectivity index (χ4v) is 2.21. The summed E-state index contributed by atoms with van der Waals surface area (Å²) in [4.78, 5) is 0. The number of hydrogen-bond acceptors (Lipinski definition) is 3. The third kappa shape index (κ3) is 4.31. The molecular weight excluding hydrogens is 262 g/mol. The van der Waals surface area contributed by atoms with Crippen LogP contribution in [0, 0.1) is 0 Å². The zero-order chi connectivity index (χ0) is 14.5. The number of nitrogens with one attached hydrogen (secondary N) is 1. The molecule has 1 unspecified atom stereocenters. The summed E-state index contributed by atoms with van der Waals surface area (Å²) in [5.41, 5.74) is 2.07. The highest BCUT2D eigenvalue weighted by atomic mass is 16.5. The van der Waals surface area contributed by atoms with Gasteiger partial charge in [-0.25, -0.2) is 0 Å². The smallest absolute Gasteiger partial charge is 0.119 e. The van der Waals surface area contributed by atoms with Gasteiger partial charge in [-0.15, -0.1) is 0 Å². The van der Waals surface area contributed by atoms with Crippen LogP contribution in [0.2, 0.25) is 0 Å². The van der Waals surface area contributed by atoms with Crippen LogP contribution in [0.3, 0.4) is 0 Å². The van der Waals surface area contributed by atoms with Crippen LogP contribution in [-0.2, 0) is 6.61 Å². The normalized spacial score (nSPS) is 15.7. The van der Waals surface area contributed by atoms with E-state index in [0.29, 0.717) is 19.2 Å². The Kier molecular flexibility index (Phi) is 4.53. The third-order valence-electron chi connectivity index (χ3n) is 3.69. The third-order valence-corrected chi connectivity index (χ3v) is 3.69. The molecule has 2 aromatic carbocycles. The van der Waals surface area contributed by atoms with Crippen molar-refractivity contribution in [3.8, 4) is 5.75 Å². The molecule has 3 heteroatoms. The summed E-state index contributed by atoms with van der Waals surface area (Å²) in [5, 5.41) is 13.4. The highest BCUT2D eigenvalue weighted by molar-refractivity contribution is 5.29. The first-order chi connectivity index (χ1) is 10.3. The summed E-state index contributed by atoms with van der Waals surface area (Å²) in [7, 11) is 0. The lowest BCUT2D eigenvalue weighted by Gasteiger charge is -2.13. The van der Waals surface area contributed by atoms with Gasteiger partial charge in [0.1, 0.15) is 12.4 Å². The molecule has 0 amide bonds. The fourth-order valence-electron chi connectivity index (χ4n) is 2.21. The minimum absolute atomic E-state index is 0.450. The second kappa shape index (κ2) is 6.74. The average molecular weight is 283 g/mol. The van der Waals surface area contributed by atoms with Crippen LogP contribution >= 0.6 is 0 Å². The number of rotatable bonds is 7. The van der Waals surface area contributed by atoms with Gasteiger partial charge in [-0.2, -0.15) is 0 Å². The Balaban J connectivity index is 1.51. The summed E-state index contributed by atoms with van der Waals surface area (Å²) in [6.45, 7) is 1.18. The summed E-state index contributed by atoms with van der Waals surface area (Å²) in [6.07, 6.45) is 2.02. The van der Waals surface area contributed by atoms with Gasteiger partial charge in [-0.3, -0.25) is 0 Å². The van der Waals surface area contributed by atoms with Crippen molar-refractivity contribution < 1.29 is 9.84 Å². The molecule has 3 nitrogen and oxygen atoms in total. The van der Waals surface area contributed by atoms with Crippen LogP contribution in [0.5, 0.6) is 5.75 Å². The predicted octanol–water partition coefficient (Wildman–Crippen LogP) is 3.05. The van der Waals surface area contributed by atoms with Gasteiger partial charge in [-0.05, 0) is 36.1 Å². The van der Waals surface area contributed by atoms with Gasteiger partial charge < -0.3 is 15.2 Å². The van der Waals surface area contributed by atoms with E-state index in [2.05, 4.69) is 5.32 Å². The van der Waals surface area contributed by atoms with E-state index >= 15 is 0 Å². The van der Waals surface area contributed by atoms with E-state index < -0.39 is 6.10 Å². The highest BCUT2D eigenvalue weighted by Gasteiger charge is 2.21. The summed E-state index contributed by atoms with van der Waals surface area (Å²) in [6, 6.07) is 18.4. The maximum Gasteiger partial charge on any atom is 0.119 e. The first kappa shape index (κ1) is 14.1. The van der Waals surface area contributed by atoms with Gasteiger partial charge in [0, 0.05) is 12.6 Å². The predicted molar refractivity (Wildman–Crippen MR) is 83.2 cm³/mol. The first-order valence-corrected chi connectivity index (χ1v) is 7.49. The Morgan fingerprint density at radius 3 is 2.43 bits per heavy atom. The van der Waals surface area contributed by atoms with Crippen LogP contribution in [0.15, 0.2) is 54.6 Å². The average Bonchev–Trinajstić information content (AvgIpc) is 3.36. The van der Waals surface area contributed by atoms with E-state index in [4.69, 9.17) is 4.74 Å². The van der Waals surface area contributed by atoms with Crippen molar-refractivity contribution in [1.82, 2.24) is 5.32 Å². The number of hydrogen-bond donors (Lipinski definition) is 2. The molecular formula is C18H21NO2.